The molecule has 2 rings (SSSR count). The summed E-state index contributed by atoms with van der Waals surface area (Å²) in [5.74, 6) is 0.118. The summed E-state index contributed by atoms with van der Waals surface area (Å²) in [6.07, 6.45) is 0. The van der Waals surface area contributed by atoms with Crippen LogP contribution in [0.3, 0.4) is 0 Å². The van der Waals surface area contributed by atoms with E-state index in [-0.39, 0.29) is 5.75 Å². The van der Waals surface area contributed by atoms with Gasteiger partial charge in [0.15, 0.2) is 16.8 Å². The van der Waals surface area contributed by atoms with E-state index in [1.54, 1.807) is 18.2 Å². The predicted octanol–water partition coefficient (Wildman–Crippen LogP) is 1.67. The zero-order valence-electron chi connectivity index (χ0n) is 8.75. The maximum Gasteiger partial charge on any atom is 0.162 e. The first-order valence-corrected chi connectivity index (χ1v) is 6.09. The molecule has 0 saturated heterocycles. The number of aromatic amines is 1. The van der Waals surface area contributed by atoms with Crippen LogP contribution >= 0.6 is 0 Å². The largest absolute Gasteiger partial charge is 0.306 e. The summed E-state index contributed by atoms with van der Waals surface area (Å²) in [6.45, 7) is 0. The van der Waals surface area contributed by atoms with Gasteiger partial charge in [0, 0.05) is 6.07 Å². The van der Waals surface area contributed by atoms with E-state index in [0.29, 0.717) is 5.69 Å². The average Bonchev–Trinajstić information content (AvgIpc) is 2.78. The molecule has 2 aromatic rings. The molecule has 0 aliphatic carbocycles. The van der Waals surface area contributed by atoms with E-state index in [1.165, 1.54) is 0 Å². The van der Waals surface area contributed by atoms with Crippen LogP contribution in [0.5, 0.6) is 0 Å². The summed E-state index contributed by atoms with van der Waals surface area (Å²) in [6, 6.07) is 10.8. The second-order valence-corrected chi connectivity index (χ2v) is 4.37. The van der Waals surface area contributed by atoms with Gasteiger partial charge < -0.3 is 4.55 Å². The molecule has 86 valence electrons. The molecule has 0 amide bonds. The second kappa shape index (κ2) is 4.91. The first-order chi connectivity index (χ1) is 8.19. The Morgan fingerprint density at radius 2 is 2.12 bits per heavy atom. The average molecular weight is 247 g/mol. The van der Waals surface area contributed by atoms with Crippen LogP contribution in [0.15, 0.2) is 30.3 Å². The summed E-state index contributed by atoms with van der Waals surface area (Å²) < 4.78 is 19.4. The van der Waals surface area contributed by atoms with Gasteiger partial charge in [-0.3, -0.25) is 5.10 Å². The first kappa shape index (κ1) is 11.5. The Morgan fingerprint density at radius 3 is 2.65 bits per heavy atom. The highest BCUT2D eigenvalue weighted by molar-refractivity contribution is 7.78. The van der Waals surface area contributed by atoms with Crippen molar-refractivity contribution in [2.24, 2.45) is 0 Å². The highest BCUT2D eigenvalue weighted by Crippen LogP contribution is 2.18. The lowest BCUT2D eigenvalue weighted by Crippen LogP contribution is -1.92. The monoisotopic (exact) mass is 247 g/mol. The molecule has 1 unspecified atom stereocenters. The third-order valence-corrected chi connectivity index (χ3v) is 2.83. The third kappa shape index (κ3) is 2.78. The molecule has 1 aromatic heterocycles. The molecule has 5 nitrogen and oxygen atoms in total. The van der Waals surface area contributed by atoms with E-state index in [0.717, 1.165) is 16.8 Å². The number of rotatable bonds is 3. The fourth-order valence-electron chi connectivity index (χ4n) is 1.45. The standard InChI is InChI=1S/C11H9N3O2S/c12-6-10-5-11(14-13-10)9-3-1-8(2-4-9)7-17(15)16/h1-5H,7H2,(H,13,14)(H,15,16). The molecule has 6 heteroatoms. The Labute approximate surface area is 100 Å². The van der Waals surface area contributed by atoms with Gasteiger partial charge in [0.2, 0.25) is 0 Å². The second-order valence-electron chi connectivity index (χ2n) is 3.44. The van der Waals surface area contributed by atoms with Crippen LogP contribution in [0, 0.1) is 11.3 Å². The maximum absolute atomic E-state index is 10.6. The van der Waals surface area contributed by atoms with Crippen molar-refractivity contribution in [2.75, 3.05) is 0 Å². The Hall–Kier alpha value is -1.97. The highest BCUT2D eigenvalue weighted by Gasteiger charge is 2.03. The summed E-state index contributed by atoms with van der Waals surface area (Å²) >= 11 is -1.83. The lowest BCUT2D eigenvalue weighted by atomic mass is 10.1. The van der Waals surface area contributed by atoms with E-state index in [1.807, 2.05) is 18.2 Å². The van der Waals surface area contributed by atoms with Crippen LogP contribution in [-0.4, -0.2) is 19.0 Å². The number of hydrogen-bond acceptors (Lipinski definition) is 3. The van der Waals surface area contributed by atoms with Crippen LogP contribution in [-0.2, 0) is 16.8 Å². The zero-order chi connectivity index (χ0) is 12.3. The van der Waals surface area contributed by atoms with Gasteiger partial charge in [0.25, 0.3) is 0 Å². The van der Waals surface area contributed by atoms with E-state index in [2.05, 4.69) is 10.2 Å². The van der Waals surface area contributed by atoms with E-state index in [4.69, 9.17) is 9.81 Å². The Morgan fingerprint density at radius 1 is 1.41 bits per heavy atom. The molecular formula is C11H9N3O2S. The molecule has 17 heavy (non-hydrogen) atoms. The fourth-order valence-corrected chi connectivity index (χ4v) is 1.93. The molecule has 0 radical (unpaired) electrons. The molecule has 0 bridgehead atoms. The van der Waals surface area contributed by atoms with Gasteiger partial charge in [0.05, 0.1) is 11.4 Å². The molecule has 0 aliphatic rings. The van der Waals surface area contributed by atoms with Gasteiger partial charge in [0.1, 0.15) is 6.07 Å². The van der Waals surface area contributed by atoms with Crippen molar-refractivity contribution < 1.29 is 8.76 Å². The molecule has 1 aromatic carbocycles. The van der Waals surface area contributed by atoms with Crippen LogP contribution in [0.25, 0.3) is 11.3 Å². The molecule has 0 saturated carbocycles. The van der Waals surface area contributed by atoms with Crippen molar-refractivity contribution in [2.45, 2.75) is 5.75 Å². The predicted molar refractivity (Wildman–Crippen MR) is 63.2 cm³/mol. The normalized spacial score (nSPS) is 12.0. The van der Waals surface area contributed by atoms with E-state index >= 15 is 0 Å². The van der Waals surface area contributed by atoms with Crippen molar-refractivity contribution in [1.29, 1.82) is 5.26 Å². The topological polar surface area (TPSA) is 89.8 Å². The number of aromatic nitrogens is 2. The molecule has 0 fully saturated rings. The van der Waals surface area contributed by atoms with Crippen LogP contribution in [0.1, 0.15) is 11.3 Å². The Balaban J connectivity index is 2.23. The minimum atomic E-state index is -1.83. The van der Waals surface area contributed by atoms with Gasteiger partial charge in [-0.25, -0.2) is 4.21 Å². The van der Waals surface area contributed by atoms with Crippen molar-refractivity contribution in [1.82, 2.24) is 10.2 Å². The lowest BCUT2D eigenvalue weighted by Gasteiger charge is -2.00. The smallest absolute Gasteiger partial charge is 0.162 e. The Bertz CT molecular complexity index is 584. The summed E-state index contributed by atoms with van der Waals surface area (Å²) in [4.78, 5) is 0. The Kier molecular flexibility index (Phi) is 3.32. The van der Waals surface area contributed by atoms with Gasteiger partial charge >= 0.3 is 0 Å². The number of hydrogen-bond donors (Lipinski definition) is 2. The number of nitrogens with zero attached hydrogens (tertiary/aromatic N) is 2. The zero-order valence-corrected chi connectivity index (χ0v) is 9.57. The van der Waals surface area contributed by atoms with Crippen LogP contribution < -0.4 is 0 Å². The number of nitriles is 1. The molecule has 2 N–H and O–H groups in total. The first-order valence-electron chi connectivity index (χ1n) is 4.81. The summed E-state index contributed by atoms with van der Waals surface area (Å²) in [5.41, 5.74) is 2.75. The van der Waals surface area contributed by atoms with Crippen LogP contribution in [0.4, 0.5) is 0 Å². The molecule has 0 aliphatic heterocycles. The maximum atomic E-state index is 10.6. The minimum absolute atomic E-state index is 0.118. The van der Waals surface area contributed by atoms with E-state index in [9.17, 15) is 4.21 Å². The SMILES string of the molecule is N#Cc1cc(-c2ccc(CS(=O)O)cc2)[nH]n1. The molecule has 1 atom stereocenters. The van der Waals surface area contributed by atoms with Gasteiger partial charge in [-0.15, -0.1) is 0 Å². The van der Waals surface area contributed by atoms with Gasteiger partial charge in [-0.2, -0.15) is 10.4 Å². The molecular weight excluding hydrogens is 238 g/mol. The van der Waals surface area contributed by atoms with Crippen molar-refractivity contribution in [3.63, 3.8) is 0 Å². The highest BCUT2D eigenvalue weighted by atomic mass is 32.2. The van der Waals surface area contributed by atoms with E-state index < -0.39 is 11.1 Å². The third-order valence-electron chi connectivity index (χ3n) is 2.25. The molecule has 0 spiro atoms. The van der Waals surface area contributed by atoms with Crippen molar-refractivity contribution >= 4 is 11.1 Å². The fraction of sp³-hybridized carbons (Fsp3) is 0.0909. The number of benzene rings is 1. The summed E-state index contributed by atoms with van der Waals surface area (Å²) in [7, 11) is 0. The number of nitrogens with one attached hydrogen (secondary N) is 1. The number of H-pyrrole nitrogens is 1. The lowest BCUT2D eigenvalue weighted by molar-refractivity contribution is 0.563. The van der Waals surface area contributed by atoms with Crippen molar-refractivity contribution in [3.8, 4) is 17.3 Å². The van der Waals surface area contributed by atoms with Gasteiger partial charge in [-0.05, 0) is 11.1 Å². The van der Waals surface area contributed by atoms with Crippen LogP contribution in [0.2, 0.25) is 0 Å². The minimum Gasteiger partial charge on any atom is -0.306 e. The van der Waals surface area contributed by atoms with Gasteiger partial charge in [-0.1, -0.05) is 24.3 Å². The summed E-state index contributed by atoms with van der Waals surface area (Å²) in [5, 5.41) is 15.2. The quantitative estimate of drug-likeness (QED) is 0.807. The molecule has 1 heterocycles. The van der Waals surface area contributed by atoms with Crippen molar-refractivity contribution in [3.05, 3.63) is 41.6 Å².